The smallest absolute Gasteiger partial charge is 0.203 e. The number of nitrogen functional groups attached to an aromatic ring is 1. The molecule has 0 aliphatic rings. The lowest BCUT2D eigenvalue weighted by Crippen LogP contribution is -1.98. The summed E-state index contributed by atoms with van der Waals surface area (Å²) in [6.45, 7) is 2.73. The molecule has 2 N–H and O–H groups in total. The monoisotopic (exact) mass is 253 g/mol. The van der Waals surface area contributed by atoms with Crippen LogP contribution in [0.15, 0.2) is 24.5 Å². The van der Waals surface area contributed by atoms with Crippen molar-refractivity contribution >= 4 is 5.69 Å². The van der Waals surface area contributed by atoms with Gasteiger partial charge in [-0.05, 0) is 18.6 Å². The molecule has 0 atom stereocenters. The van der Waals surface area contributed by atoms with E-state index in [2.05, 4.69) is 5.10 Å². The maximum atomic E-state index is 13.5. The van der Waals surface area contributed by atoms with Crippen molar-refractivity contribution in [3.8, 4) is 11.5 Å². The Morgan fingerprint density at radius 2 is 2.17 bits per heavy atom. The van der Waals surface area contributed by atoms with Gasteiger partial charge in [0.2, 0.25) is 5.82 Å². The van der Waals surface area contributed by atoms with E-state index in [4.69, 9.17) is 10.5 Å². The van der Waals surface area contributed by atoms with E-state index in [1.54, 1.807) is 10.9 Å². The van der Waals surface area contributed by atoms with E-state index < -0.39 is 11.6 Å². The number of nitrogens with two attached hydrogens (primary N) is 1. The van der Waals surface area contributed by atoms with E-state index in [0.717, 1.165) is 19.0 Å². The second kappa shape index (κ2) is 5.03. The lowest BCUT2D eigenvalue weighted by Gasteiger charge is -2.07. The highest BCUT2D eigenvalue weighted by atomic mass is 19.2. The fraction of sp³-hybridized carbons (Fsp3) is 0.250. The number of hydrogen-bond donors (Lipinski definition) is 1. The average molecular weight is 253 g/mol. The highest BCUT2D eigenvalue weighted by Gasteiger charge is 2.14. The summed E-state index contributed by atoms with van der Waals surface area (Å²) < 4.78 is 33.4. The van der Waals surface area contributed by atoms with E-state index >= 15 is 0 Å². The van der Waals surface area contributed by atoms with Crippen LogP contribution < -0.4 is 10.5 Å². The topological polar surface area (TPSA) is 53.1 Å². The molecule has 0 amide bonds. The Kier molecular flexibility index (Phi) is 3.45. The molecular formula is C12H13F2N3O. The largest absolute Gasteiger partial charge is 0.449 e. The maximum absolute atomic E-state index is 13.5. The van der Waals surface area contributed by atoms with Crippen LogP contribution in [-0.2, 0) is 6.54 Å². The molecule has 1 aromatic carbocycles. The SMILES string of the molecule is CCCn1cc(Oc2c(N)ccc(F)c2F)cn1. The molecule has 18 heavy (non-hydrogen) atoms. The zero-order valence-corrected chi connectivity index (χ0v) is 9.86. The number of anilines is 1. The van der Waals surface area contributed by atoms with Gasteiger partial charge in [0.25, 0.3) is 0 Å². The van der Waals surface area contributed by atoms with Crippen molar-refractivity contribution < 1.29 is 13.5 Å². The van der Waals surface area contributed by atoms with Gasteiger partial charge in [0.15, 0.2) is 17.3 Å². The van der Waals surface area contributed by atoms with Crippen LogP contribution in [0.2, 0.25) is 0 Å². The second-order valence-corrected chi connectivity index (χ2v) is 3.82. The predicted octanol–water partition coefficient (Wildman–Crippen LogP) is 2.95. The summed E-state index contributed by atoms with van der Waals surface area (Å²) in [6, 6.07) is 2.21. The predicted molar refractivity (Wildman–Crippen MR) is 63.4 cm³/mol. The Hall–Kier alpha value is -2.11. The van der Waals surface area contributed by atoms with Crippen LogP contribution in [0.5, 0.6) is 11.5 Å². The average Bonchev–Trinajstić information content (AvgIpc) is 2.78. The van der Waals surface area contributed by atoms with Gasteiger partial charge in [0, 0.05) is 6.54 Å². The Balaban J connectivity index is 2.25. The van der Waals surface area contributed by atoms with E-state index in [-0.39, 0.29) is 11.4 Å². The van der Waals surface area contributed by atoms with Crippen molar-refractivity contribution in [3.63, 3.8) is 0 Å². The first-order valence-electron chi connectivity index (χ1n) is 5.55. The molecule has 0 bridgehead atoms. The zero-order chi connectivity index (χ0) is 13.1. The summed E-state index contributed by atoms with van der Waals surface area (Å²) in [4.78, 5) is 0. The molecule has 4 nitrogen and oxygen atoms in total. The van der Waals surface area contributed by atoms with Crippen LogP contribution in [0, 0.1) is 11.6 Å². The van der Waals surface area contributed by atoms with Crippen LogP contribution in [0.1, 0.15) is 13.3 Å². The molecule has 1 heterocycles. The Labute approximate surface area is 103 Å². The normalized spacial score (nSPS) is 10.6. The first kappa shape index (κ1) is 12.3. The minimum absolute atomic E-state index is 0.0390. The molecule has 96 valence electrons. The third-order valence-corrected chi connectivity index (χ3v) is 2.36. The van der Waals surface area contributed by atoms with E-state index in [0.29, 0.717) is 5.75 Å². The first-order chi connectivity index (χ1) is 8.61. The van der Waals surface area contributed by atoms with Gasteiger partial charge in [-0.1, -0.05) is 6.92 Å². The summed E-state index contributed by atoms with van der Waals surface area (Å²) >= 11 is 0. The molecule has 6 heteroatoms. The molecule has 0 aliphatic heterocycles. The number of halogens is 2. The number of nitrogens with zero attached hydrogens (tertiary/aromatic N) is 2. The zero-order valence-electron chi connectivity index (χ0n) is 9.86. The fourth-order valence-corrected chi connectivity index (χ4v) is 1.52. The van der Waals surface area contributed by atoms with E-state index in [1.165, 1.54) is 12.3 Å². The van der Waals surface area contributed by atoms with Crippen molar-refractivity contribution in [1.82, 2.24) is 9.78 Å². The fourth-order valence-electron chi connectivity index (χ4n) is 1.52. The van der Waals surface area contributed by atoms with Crippen molar-refractivity contribution in [2.45, 2.75) is 19.9 Å². The molecule has 0 unspecified atom stereocenters. The number of benzene rings is 1. The molecule has 1 aromatic heterocycles. The Bertz CT molecular complexity index is 554. The molecule has 0 saturated heterocycles. The van der Waals surface area contributed by atoms with Crippen molar-refractivity contribution in [1.29, 1.82) is 0 Å². The third kappa shape index (κ3) is 2.42. The van der Waals surface area contributed by atoms with Gasteiger partial charge in [0.1, 0.15) is 0 Å². The summed E-state index contributed by atoms with van der Waals surface area (Å²) in [5, 5.41) is 4.02. The Morgan fingerprint density at radius 1 is 1.39 bits per heavy atom. The summed E-state index contributed by atoms with van der Waals surface area (Å²) in [5.74, 6) is -2.09. The number of ether oxygens (including phenoxy) is 1. The van der Waals surface area contributed by atoms with Crippen LogP contribution >= 0.6 is 0 Å². The number of aromatic nitrogens is 2. The molecule has 0 saturated carbocycles. The minimum atomic E-state index is -1.10. The van der Waals surface area contributed by atoms with Gasteiger partial charge in [-0.15, -0.1) is 0 Å². The minimum Gasteiger partial charge on any atom is -0.449 e. The summed E-state index contributed by atoms with van der Waals surface area (Å²) in [7, 11) is 0. The highest BCUT2D eigenvalue weighted by molar-refractivity contribution is 5.54. The van der Waals surface area contributed by atoms with E-state index in [1.807, 2.05) is 6.92 Å². The lowest BCUT2D eigenvalue weighted by molar-refractivity contribution is 0.417. The molecule has 2 aromatic rings. The van der Waals surface area contributed by atoms with Gasteiger partial charge in [-0.3, -0.25) is 4.68 Å². The maximum Gasteiger partial charge on any atom is 0.203 e. The van der Waals surface area contributed by atoms with E-state index in [9.17, 15) is 8.78 Å². The van der Waals surface area contributed by atoms with Gasteiger partial charge in [-0.2, -0.15) is 9.49 Å². The molecule has 0 spiro atoms. The molecule has 0 fully saturated rings. The van der Waals surface area contributed by atoms with Gasteiger partial charge < -0.3 is 10.5 Å². The van der Waals surface area contributed by atoms with Crippen LogP contribution in [0.25, 0.3) is 0 Å². The third-order valence-electron chi connectivity index (χ3n) is 2.36. The highest BCUT2D eigenvalue weighted by Crippen LogP contribution is 2.31. The standard InChI is InChI=1S/C12H13F2N3O/c1-2-5-17-7-8(6-16-17)18-12-10(15)4-3-9(13)11(12)14/h3-4,6-7H,2,5,15H2,1H3. The lowest BCUT2D eigenvalue weighted by atomic mass is 10.3. The molecule has 2 rings (SSSR count). The first-order valence-corrected chi connectivity index (χ1v) is 5.55. The molecule has 0 radical (unpaired) electrons. The van der Waals surface area contributed by atoms with Crippen LogP contribution in [0.4, 0.5) is 14.5 Å². The van der Waals surface area contributed by atoms with Crippen molar-refractivity contribution in [3.05, 3.63) is 36.2 Å². The molecular weight excluding hydrogens is 240 g/mol. The number of hydrogen-bond acceptors (Lipinski definition) is 3. The second-order valence-electron chi connectivity index (χ2n) is 3.82. The summed E-state index contributed by atoms with van der Waals surface area (Å²) in [6.07, 6.45) is 3.95. The number of rotatable bonds is 4. The number of aryl methyl sites for hydroxylation is 1. The quantitative estimate of drug-likeness (QED) is 0.852. The summed E-state index contributed by atoms with van der Waals surface area (Å²) in [5.41, 5.74) is 5.58. The van der Waals surface area contributed by atoms with Gasteiger partial charge in [-0.25, -0.2) is 4.39 Å². The van der Waals surface area contributed by atoms with Crippen molar-refractivity contribution in [2.24, 2.45) is 0 Å². The van der Waals surface area contributed by atoms with Gasteiger partial charge in [0.05, 0.1) is 18.1 Å². The van der Waals surface area contributed by atoms with Crippen LogP contribution in [-0.4, -0.2) is 9.78 Å². The van der Waals surface area contributed by atoms with Crippen LogP contribution in [0.3, 0.4) is 0 Å². The Morgan fingerprint density at radius 3 is 2.89 bits per heavy atom. The molecule has 0 aliphatic carbocycles. The van der Waals surface area contributed by atoms with Crippen molar-refractivity contribution in [2.75, 3.05) is 5.73 Å². The van der Waals surface area contributed by atoms with Gasteiger partial charge >= 0.3 is 0 Å².